The highest BCUT2D eigenvalue weighted by atomic mass is 16.5. The van der Waals surface area contributed by atoms with E-state index in [1.165, 1.54) is 5.56 Å². The lowest BCUT2D eigenvalue weighted by Gasteiger charge is -2.24. The molecule has 1 aromatic carbocycles. The average molecular weight is 236 g/mol. The van der Waals surface area contributed by atoms with Crippen molar-refractivity contribution in [2.75, 3.05) is 40.8 Å². The van der Waals surface area contributed by atoms with Crippen LogP contribution in [0.15, 0.2) is 18.2 Å². The van der Waals surface area contributed by atoms with Crippen molar-refractivity contribution in [1.29, 1.82) is 0 Å². The van der Waals surface area contributed by atoms with Gasteiger partial charge in [0.2, 0.25) is 0 Å². The Hall–Kier alpha value is -1.26. The summed E-state index contributed by atoms with van der Waals surface area (Å²) in [5.74, 6) is 1.08. The van der Waals surface area contributed by atoms with Crippen molar-refractivity contribution >= 4 is 0 Å². The van der Waals surface area contributed by atoms with Gasteiger partial charge >= 0.3 is 0 Å². The zero-order chi connectivity index (χ0) is 12.4. The minimum atomic E-state index is 0.264. The van der Waals surface area contributed by atoms with Crippen molar-refractivity contribution in [2.45, 2.75) is 6.04 Å². The Bertz CT molecular complexity index is 393. The van der Waals surface area contributed by atoms with Gasteiger partial charge in [-0.05, 0) is 33.3 Å². The predicted molar refractivity (Wildman–Crippen MR) is 67.5 cm³/mol. The Morgan fingerprint density at radius 2 is 2.06 bits per heavy atom. The lowest BCUT2D eigenvalue weighted by atomic mass is 10.1. The van der Waals surface area contributed by atoms with Crippen LogP contribution in [0.1, 0.15) is 11.6 Å². The minimum Gasteiger partial charge on any atom is -0.508 e. The van der Waals surface area contributed by atoms with Crippen LogP contribution in [0.5, 0.6) is 11.5 Å². The second-order valence-electron chi connectivity index (χ2n) is 4.83. The van der Waals surface area contributed by atoms with Crippen molar-refractivity contribution in [3.63, 3.8) is 0 Å². The quantitative estimate of drug-likeness (QED) is 0.855. The number of aromatic hydroxyl groups is 1. The molecule has 4 heteroatoms. The van der Waals surface area contributed by atoms with Crippen molar-refractivity contribution < 1.29 is 9.84 Å². The van der Waals surface area contributed by atoms with E-state index in [2.05, 4.69) is 30.9 Å². The van der Waals surface area contributed by atoms with Crippen LogP contribution in [0.4, 0.5) is 0 Å². The number of phenolic OH excluding ortho intramolecular Hbond substituents is 1. The zero-order valence-corrected chi connectivity index (χ0v) is 10.7. The topological polar surface area (TPSA) is 35.9 Å². The van der Waals surface area contributed by atoms with Crippen molar-refractivity contribution in [2.24, 2.45) is 0 Å². The third-order valence-electron chi connectivity index (χ3n) is 3.18. The van der Waals surface area contributed by atoms with Gasteiger partial charge < -0.3 is 14.7 Å². The van der Waals surface area contributed by atoms with E-state index in [0.717, 1.165) is 18.8 Å². The summed E-state index contributed by atoms with van der Waals surface area (Å²) in [7, 11) is 6.26. The van der Waals surface area contributed by atoms with Gasteiger partial charge in [-0.25, -0.2) is 0 Å². The Balaban J connectivity index is 2.06. The normalized spacial score (nSPS) is 18.5. The second kappa shape index (κ2) is 4.94. The molecule has 0 saturated carbocycles. The number of rotatable bonds is 4. The SMILES string of the molecule is CN(C)CCN(C)C1COc2cc(O)ccc21. The van der Waals surface area contributed by atoms with Gasteiger partial charge in [-0.15, -0.1) is 0 Å². The maximum absolute atomic E-state index is 9.40. The number of hydrogen-bond acceptors (Lipinski definition) is 4. The number of benzene rings is 1. The molecule has 1 unspecified atom stereocenters. The number of phenols is 1. The second-order valence-corrected chi connectivity index (χ2v) is 4.83. The largest absolute Gasteiger partial charge is 0.508 e. The highest BCUT2D eigenvalue weighted by molar-refractivity contribution is 5.44. The van der Waals surface area contributed by atoms with E-state index in [1.807, 2.05) is 6.07 Å². The first kappa shape index (κ1) is 12.2. The molecule has 17 heavy (non-hydrogen) atoms. The number of ether oxygens (including phenoxy) is 1. The molecule has 1 atom stereocenters. The fraction of sp³-hybridized carbons (Fsp3) is 0.538. The highest BCUT2D eigenvalue weighted by Gasteiger charge is 2.27. The minimum absolute atomic E-state index is 0.264. The summed E-state index contributed by atoms with van der Waals surface area (Å²) in [6.07, 6.45) is 0. The van der Waals surface area contributed by atoms with Gasteiger partial charge in [0.15, 0.2) is 0 Å². The summed E-state index contributed by atoms with van der Waals surface area (Å²) in [4.78, 5) is 4.47. The van der Waals surface area contributed by atoms with Crippen LogP contribution < -0.4 is 4.74 Å². The predicted octanol–water partition coefficient (Wildman–Crippen LogP) is 1.32. The highest BCUT2D eigenvalue weighted by Crippen LogP contribution is 2.37. The molecule has 0 spiro atoms. The Labute approximate surface area is 102 Å². The molecule has 0 saturated heterocycles. The smallest absolute Gasteiger partial charge is 0.127 e. The first-order chi connectivity index (χ1) is 8.08. The van der Waals surface area contributed by atoms with Crippen LogP contribution in [0, 0.1) is 0 Å². The van der Waals surface area contributed by atoms with Gasteiger partial charge in [-0.3, -0.25) is 4.90 Å². The summed E-state index contributed by atoms with van der Waals surface area (Å²) in [5.41, 5.74) is 1.17. The summed E-state index contributed by atoms with van der Waals surface area (Å²) in [6.45, 7) is 2.70. The molecule has 2 rings (SSSR count). The standard InChI is InChI=1S/C13H20N2O2/c1-14(2)6-7-15(3)12-9-17-13-8-10(16)4-5-11(12)13/h4-5,8,12,16H,6-7,9H2,1-3H3. The van der Waals surface area contributed by atoms with Gasteiger partial charge in [0.25, 0.3) is 0 Å². The van der Waals surface area contributed by atoms with E-state index in [1.54, 1.807) is 12.1 Å². The fourth-order valence-electron chi connectivity index (χ4n) is 2.06. The summed E-state index contributed by atoms with van der Waals surface area (Å²) in [5, 5.41) is 9.40. The van der Waals surface area contributed by atoms with Crippen LogP contribution >= 0.6 is 0 Å². The molecular weight excluding hydrogens is 216 g/mol. The molecular formula is C13H20N2O2. The molecule has 1 aromatic rings. The van der Waals surface area contributed by atoms with Gasteiger partial charge in [0.1, 0.15) is 18.1 Å². The van der Waals surface area contributed by atoms with Crippen LogP contribution in [0.3, 0.4) is 0 Å². The van der Waals surface area contributed by atoms with Crippen molar-refractivity contribution in [1.82, 2.24) is 9.80 Å². The first-order valence-corrected chi connectivity index (χ1v) is 5.88. The molecule has 0 aromatic heterocycles. The van der Waals surface area contributed by atoms with E-state index in [-0.39, 0.29) is 5.75 Å². The summed E-state index contributed by atoms with van der Waals surface area (Å²) in [6, 6.07) is 5.66. The number of nitrogens with zero attached hydrogens (tertiary/aromatic N) is 2. The van der Waals surface area contributed by atoms with Crippen LogP contribution in [-0.4, -0.2) is 55.7 Å². The summed E-state index contributed by atoms with van der Waals surface area (Å²) >= 11 is 0. The maximum atomic E-state index is 9.40. The van der Waals surface area contributed by atoms with Crippen LogP contribution in [-0.2, 0) is 0 Å². The molecule has 1 N–H and O–H groups in total. The molecule has 0 fully saturated rings. The summed E-state index contributed by atoms with van der Waals surface area (Å²) < 4.78 is 5.60. The van der Waals surface area contributed by atoms with Crippen molar-refractivity contribution in [3.05, 3.63) is 23.8 Å². The number of hydrogen-bond donors (Lipinski definition) is 1. The molecule has 1 aliphatic heterocycles. The Morgan fingerprint density at radius 3 is 2.76 bits per heavy atom. The number of likely N-dealkylation sites (N-methyl/N-ethyl adjacent to an activating group) is 2. The molecule has 4 nitrogen and oxygen atoms in total. The van der Waals surface area contributed by atoms with Gasteiger partial charge in [0.05, 0.1) is 6.04 Å². The lowest BCUT2D eigenvalue weighted by molar-refractivity contribution is 0.182. The third kappa shape index (κ3) is 2.70. The molecule has 0 amide bonds. The van der Waals surface area contributed by atoms with Gasteiger partial charge in [-0.1, -0.05) is 0 Å². The molecule has 1 heterocycles. The maximum Gasteiger partial charge on any atom is 0.127 e. The molecule has 1 aliphatic rings. The lowest BCUT2D eigenvalue weighted by Crippen LogP contribution is -2.32. The van der Waals surface area contributed by atoms with Crippen molar-refractivity contribution in [3.8, 4) is 11.5 Å². The number of fused-ring (bicyclic) bond motifs is 1. The molecule has 94 valence electrons. The van der Waals surface area contributed by atoms with E-state index in [4.69, 9.17) is 4.74 Å². The molecule has 0 radical (unpaired) electrons. The average Bonchev–Trinajstić information content (AvgIpc) is 2.68. The fourth-order valence-corrected chi connectivity index (χ4v) is 2.06. The third-order valence-corrected chi connectivity index (χ3v) is 3.18. The van der Waals surface area contributed by atoms with Gasteiger partial charge in [-0.2, -0.15) is 0 Å². The first-order valence-electron chi connectivity index (χ1n) is 5.88. The molecule has 0 aliphatic carbocycles. The van der Waals surface area contributed by atoms with Crippen LogP contribution in [0.25, 0.3) is 0 Å². The molecule has 0 bridgehead atoms. The van der Waals surface area contributed by atoms with Gasteiger partial charge in [0, 0.05) is 24.7 Å². The van der Waals surface area contributed by atoms with E-state index < -0.39 is 0 Å². The Morgan fingerprint density at radius 1 is 1.29 bits per heavy atom. The van der Waals surface area contributed by atoms with E-state index in [9.17, 15) is 5.11 Å². The zero-order valence-electron chi connectivity index (χ0n) is 10.7. The Kier molecular flexibility index (Phi) is 3.54. The van der Waals surface area contributed by atoms with E-state index >= 15 is 0 Å². The monoisotopic (exact) mass is 236 g/mol. The van der Waals surface area contributed by atoms with Crippen LogP contribution in [0.2, 0.25) is 0 Å². The van der Waals surface area contributed by atoms with E-state index in [0.29, 0.717) is 12.6 Å².